The Hall–Kier alpha value is -2.28. The molecule has 1 aliphatic heterocycles. The number of carbonyl (C=O) groups is 3. The minimum Gasteiger partial charge on any atom is -0.454 e. The highest BCUT2D eigenvalue weighted by Gasteiger charge is 2.37. The van der Waals surface area contributed by atoms with E-state index in [0.717, 1.165) is 5.56 Å². The van der Waals surface area contributed by atoms with Gasteiger partial charge in [0.2, 0.25) is 0 Å². The molecule has 0 spiro atoms. The van der Waals surface area contributed by atoms with E-state index in [4.69, 9.17) is 21.1 Å². The average Bonchev–Trinajstić information content (AvgIpc) is 3.03. The number of nitrogens with one attached hydrogen (secondary N) is 1. The fourth-order valence-electron chi connectivity index (χ4n) is 2.74. The number of aryl methyl sites for hydroxylation is 1. The van der Waals surface area contributed by atoms with Crippen LogP contribution >= 0.6 is 11.6 Å². The number of carbonyl (C=O) groups excluding carboxylic acids is 3. The SMILES string of the molecule is Cc1cc(Cl)ccc1NC(=O)COC(=O)[C@@H]1CCCN1C(=O)OC(C)(C)C. The Balaban J connectivity index is 1.88. The molecule has 0 aliphatic carbocycles. The normalized spacial score (nSPS) is 16.8. The van der Waals surface area contributed by atoms with Gasteiger partial charge in [0.1, 0.15) is 11.6 Å². The number of esters is 1. The lowest BCUT2D eigenvalue weighted by atomic mass is 10.2. The highest BCUT2D eigenvalue weighted by Crippen LogP contribution is 2.22. The first kappa shape index (κ1) is 21.0. The zero-order chi connectivity index (χ0) is 20.2. The average molecular weight is 397 g/mol. The summed E-state index contributed by atoms with van der Waals surface area (Å²) in [6.45, 7) is 7.08. The van der Waals surface area contributed by atoms with Crippen LogP contribution in [0, 0.1) is 6.92 Å². The molecule has 0 unspecified atom stereocenters. The molecule has 8 heteroatoms. The molecule has 0 radical (unpaired) electrons. The van der Waals surface area contributed by atoms with Gasteiger partial charge in [-0.05, 0) is 64.3 Å². The zero-order valence-electron chi connectivity index (χ0n) is 16.0. The minimum absolute atomic E-state index is 0.421. The maximum atomic E-state index is 12.3. The number of hydrogen-bond donors (Lipinski definition) is 1. The predicted molar refractivity (Wildman–Crippen MR) is 102 cm³/mol. The molecule has 1 heterocycles. The van der Waals surface area contributed by atoms with Gasteiger partial charge in [0.25, 0.3) is 5.91 Å². The van der Waals surface area contributed by atoms with Crippen LogP contribution in [0.2, 0.25) is 5.02 Å². The number of likely N-dealkylation sites (tertiary alicyclic amines) is 1. The zero-order valence-corrected chi connectivity index (χ0v) is 16.8. The molecule has 0 saturated carbocycles. The summed E-state index contributed by atoms with van der Waals surface area (Å²) in [7, 11) is 0. The Bertz CT molecular complexity index is 729. The molecule has 1 aromatic rings. The van der Waals surface area contributed by atoms with Crippen LogP contribution in [-0.2, 0) is 19.1 Å². The van der Waals surface area contributed by atoms with E-state index in [1.54, 1.807) is 39.0 Å². The smallest absolute Gasteiger partial charge is 0.411 e. The van der Waals surface area contributed by atoms with Gasteiger partial charge in [-0.2, -0.15) is 0 Å². The Kier molecular flexibility index (Phi) is 6.70. The van der Waals surface area contributed by atoms with Crippen molar-refractivity contribution in [1.29, 1.82) is 0 Å². The molecule has 27 heavy (non-hydrogen) atoms. The van der Waals surface area contributed by atoms with Crippen molar-refractivity contribution in [2.24, 2.45) is 0 Å². The molecular formula is C19H25ClN2O5. The summed E-state index contributed by atoms with van der Waals surface area (Å²) in [6.07, 6.45) is 0.605. The fraction of sp³-hybridized carbons (Fsp3) is 0.526. The molecule has 1 fully saturated rings. The van der Waals surface area contributed by atoms with Crippen LogP contribution in [0.4, 0.5) is 10.5 Å². The number of hydrogen-bond acceptors (Lipinski definition) is 5. The predicted octanol–water partition coefficient (Wildman–Crippen LogP) is 3.53. The summed E-state index contributed by atoms with van der Waals surface area (Å²) in [5, 5.41) is 3.24. The van der Waals surface area contributed by atoms with Crippen molar-refractivity contribution in [3.05, 3.63) is 28.8 Å². The van der Waals surface area contributed by atoms with Gasteiger partial charge in [-0.1, -0.05) is 11.6 Å². The van der Waals surface area contributed by atoms with Crippen molar-refractivity contribution >= 4 is 35.3 Å². The molecule has 148 valence electrons. The Morgan fingerprint density at radius 2 is 2.00 bits per heavy atom. The van der Waals surface area contributed by atoms with E-state index < -0.39 is 36.2 Å². The van der Waals surface area contributed by atoms with Crippen molar-refractivity contribution in [2.75, 3.05) is 18.5 Å². The Morgan fingerprint density at radius 3 is 2.63 bits per heavy atom. The second-order valence-corrected chi connectivity index (χ2v) is 7.88. The first-order valence-corrected chi connectivity index (χ1v) is 9.17. The molecule has 1 aromatic carbocycles. The highest BCUT2D eigenvalue weighted by atomic mass is 35.5. The summed E-state index contributed by atoms with van der Waals surface area (Å²) in [5.74, 6) is -1.07. The largest absolute Gasteiger partial charge is 0.454 e. The Labute approximate surface area is 163 Å². The van der Waals surface area contributed by atoms with E-state index in [1.165, 1.54) is 4.90 Å². The summed E-state index contributed by atoms with van der Waals surface area (Å²) in [4.78, 5) is 38.0. The number of ether oxygens (including phenoxy) is 2. The molecule has 1 atom stereocenters. The first-order chi connectivity index (χ1) is 12.6. The van der Waals surface area contributed by atoms with Crippen LogP contribution < -0.4 is 5.32 Å². The third-order valence-corrected chi connectivity index (χ3v) is 4.20. The maximum absolute atomic E-state index is 12.3. The van der Waals surface area contributed by atoms with Crippen LogP contribution in [0.5, 0.6) is 0 Å². The number of nitrogens with zero attached hydrogens (tertiary/aromatic N) is 1. The van der Waals surface area contributed by atoms with Crippen LogP contribution in [0.1, 0.15) is 39.2 Å². The van der Waals surface area contributed by atoms with E-state index in [2.05, 4.69) is 5.32 Å². The van der Waals surface area contributed by atoms with Gasteiger partial charge in [-0.15, -0.1) is 0 Å². The van der Waals surface area contributed by atoms with Crippen LogP contribution in [0.15, 0.2) is 18.2 Å². The molecule has 1 N–H and O–H groups in total. The van der Waals surface area contributed by atoms with Gasteiger partial charge in [-0.25, -0.2) is 9.59 Å². The van der Waals surface area contributed by atoms with E-state index in [-0.39, 0.29) is 0 Å². The summed E-state index contributed by atoms with van der Waals surface area (Å²) < 4.78 is 10.4. The van der Waals surface area contributed by atoms with Crippen LogP contribution in [0.25, 0.3) is 0 Å². The van der Waals surface area contributed by atoms with Gasteiger partial charge in [0.05, 0.1) is 0 Å². The summed E-state index contributed by atoms with van der Waals surface area (Å²) in [5.41, 5.74) is 0.746. The van der Waals surface area contributed by atoms with Crippen molar-refractivity contribution in [3.8, 4) is 0 Å². The van der Waals surface area contributed by atoms with E-state index in [0.29, 0.717) is 30.1 Å². The summed E-state index contributed by atoms with van der Waals surface area (Å²) >= 11 is 5.88. The van der Waals surface area contributed by atoms with Gasteiger partial charge < -0.3 is 14.8 Å². The number of amides is 2. The molecular weight excluding hydrogens is 372 g/mol. The maximum Gasteiger partial charge on any atom is 0.411 e. The molecule has 1 aliphatic rings. The fourth-order valence-corrected chi connectivity index (χ4v) is 2.96. The topological polar surface area (TPSA) is 84.9 Å². The summed E-state index contributed by atoms with van der Waals surface area (Å²) in [6, 6.07) is 4.33. The second kappa shape index (κ2) is 8.61. The second-order valence-electron chi connectivity index (χ2n) is 7.45. The standard InChI is InChI=1S/C19H25ClN2O5/c1-12-10-13(20)7-8-14(12)21-16(23)11-26-17(24)15-6-5-9-22(15)18(25)27-19(2,3)4/h7-8,10,15H,5-6,9,11H2,1-4H3,(H,21,23)/t15-/m0/s1. The highest BCUT2D eigenvalue weighted by molar-refractivity contribution is 6.30. The quantitative estimate of drug-likeness (QED) is 0.787. The number of benzene rings is 1. The number of anilines is 1. The van der Waals surface area contributed by atoms with Crippen molar-refractivity contribution in [1.82, 2.24) is 4.90 Å². The van der Waals surface area contributed by atoms with E-state index in [1.807, 2.05) is 6.92 Å². The van der Waals surface area contributed by atoms with Gasteiger partial charge >= 0.3 is 12.1 Å². The van der Waals surface area contributed by atoms with Crippen molar-refractivity contribution in [3.63, 3.8) is 0 Å². The molecule has 2 amide bonds. The van der Waals surface area contributed by atoms with Crippen molar-refractivity contribution < 1.29 is 23.9 Å². The lowest BCUT2D eigenvalue weighted by molar-refractivity contribution is -0.151. The number of halogens is 1. The molecule has 7 nitrogen and oxygen atoms in total. The number of rotatable bonds is 4. The van der Waals surface area contributed by atoms with Crippen LogP contribution in [-0.4, -0.2) is 47.7 Å². The Morgan fingerprint density at radius 1 is 1.30 bits per heavy atom. The van der Waals surface area contributed by atoms with Gasteiger partial charge in [0.15, 0.2) is 6.61 Å². The molecule has 0 bridgehead atoms. The monoisotopic (exact) mass is 396 g/mol. The third-order valence-electron chi connectivity index (χ3n) is 3.96. The van der Waals surface area contributed by atoms with Gasteiger partial charge in [-0.3, -0.25) is 9.69 Å². The van der Waals surface area contributed by atoms with Crippen LogP contribution in [0.3, 0.4) is 0 Å². The third kappa shape index (κ3) is 6.13. The minimum atomic E-state index is -0.732. The lowest BCUT2D eigenvalue weighted by Crippen LogP contribution is -2.44. The van der Waals surface area contributed by atoms with E-state index >= 15 is 0 Å². The molecule has 2 rings (SSSR count). The molecule has 1 saturated heterocycles. The lowest BCUT2D eigenvalue weighted by Gasteiger charge is -2.27. The van der Waals surface area contributed by atoms with Gasteiger partial charge in [0, 0.05) is 17.3 Å². The van der Waals surface area contributed by atoms with E-state index in [9.17, 15) is 14.4 Å². The first-order valence-electron chi connectivity index (χ1n) is 8.79. The van der Waals surface area contributed by atoms with Crippen molar-refractivity contribution in [2.45, 2.75) is 52.2 Å². The molecule has 0 aromatic heterocycles.